The van der Waals surface area contributed by atoms with Gasteiger partial charge in [-0.3, -0.25) is 0 Å². The lowest BCUT2D eigenvalue weighted by Crippen LogP contribution is -2.14. The lowest BCUT2D eigenvalue weighted by molar-refractivity contribution is 0.503. The van der Waals surface area contributed by atoms with E-state index in [0.717, 1.165) is 43.7 Å². The van der Waals surface area contributed by atoms with Crippen LogP contribution in [0.15, 0.2) is 22.6 Å². The minimum Gasteiger partial charge on any atom is -0.459 e. The summed E-state index contributed by atoms with van der Waals surface area (Å²) >= 11 is 0. The first-order valence-electron chi connectivity index (χ1n) is 7.92. The number of aryl methyl sites for hydroxylation is 1. The highest BCUT2D eigenvalue weighted by Crippen LogP contribution is 2.32. The van der Waals surface area contributed by atoms with Gasteiger partial charge in [-0.2, -0.15) is 0 Å². The van der Waals surface area contributed by atoms with Gasteiger partial charge < -0.3 is 9.73 Å². The van der Waals surface area contributed by atoms with E-state index in [1.165, 1.54) is 16.5 Å². The van der Waals surface area contributed by atoms with Gasteiger partial charge in [-0.05, 0) is 30.9 Å². The molecular formula is C18H27NO. The molecule has 2 heteroatoms. The van der Waals surface area contributed by atoms with Crippen molar-refractivity contribution >= 4 is 11.0 Å². The second-order valence-electron chi connectivity index (χ2n) is 5.81. The van der Waals surface area contributed by atoms with E-state index < -0.39 is 0 Å². The molecule has 0 radical (unpaired) electrons. The van der Waals surface area contributed by atoms with Gasteiger partial charge in [-0.15, -0.1) is 0 Å². The minimum absolute atomic E-state index is 0.496. The normalized spacial score (nSPS) is 11.7. The van der Waals surface area contributed by atoms with Crippen molar-refractivity contribution in [1.82, 2.24) is 5.32 Å². The van der Waals surface area contributed by atoms with Crippen molar-refractivity contribution in [2.75, 3.05) is 6.54 Å². The number of benzene rings is 1. The zero-order valence-corrected chi connectivity index (χ0v) is 13.3. The van der Waals surface area contributed by atoms with Crippen LogP contribution in [0.2, 0.25) is 0 Å². The van der Waals surface area contributed by atoms with Gasteiger partial charge in [-0.1, -0.05) is 52.3 Å². The Hall–Kier alpha value is -1.28. The summed E-state index contributed by atoms with van der Waals surface area (Å²) < 4.78 is 6.23. The zero-order valence-electron chi connectivity index (χ0n) is 13.3. The third-order valence-corrected chi connectivity index (χ3v) is 3.77. The van der Waals surface area contributed by atoms with Crippen LogP contribution in [0.25, 0.3) is 11.0 Å². The molecule has 0 aliphatic heterocycles. The topological polar surface area (TPSA) is 25.2 Å². The summed E-state index contributed by atoms with van der Waals surface area (Å²) in [7, 11) is 0. The van der Waals surface area contributed by atoms with E-state index >= 15 is 0 Å². The summed E-state index contributed by atoms with van der Waals surface area (Å²) in [5.74, 6) is 1.62. The summed E-state index contributed by atoms with van der Waals surface area (Å²) in [5, 5.41) is 4.78. The molecule has 0 spiro atoms. The molecule has 0 bridgehead atoms. The molecule has 20 heavy (non-hydrogen) atoms. The molecule has 0 saturated carbocycles. The molecule has 0 fully saturated rings. The number of hydrogen-bond acceptors (Lipinski definition) is 2. The highest BCUT2D eigenvalue weighted by molar-refractivity contribution is 5.85. The molecule has 0 aliphatic carbocycles. The van der Waals surface area contributed by atoms with E-state index in [2.05, 4.69) is 51.2 Å². The quantitative estimate of drug-likeness (QED) is 0.717. The van der Waals surface area contributed by atoms with E-state index in [1.807, 2.05) is 0 Å². The van der Waals surface area contributed by atoms with Crippen molar-refractivity contribution in [2.45, 2.75) is 59.4 Å². The summed E-state index contributed by atoms with van der Waals surface area (Å²) in [4.78, 5) is 0. The Balaban J connectivity index is 2.44. The molecule has 2 aromatic rings. The first-order chi connectivity index (χ1) is 9.69. The molecule has 0 atom stereocenters. The van der Waals surface area contributed by atoms with Gasteiger partial charge in [0.2, 0.25) is 0 Å². The van der Waals surface area contributed by atoms with Crippen molar-refractivity contribution < 1.29 is 4.42 Å². The number of nitrogens with one attached hydrogen (secondary N) is 1. The fourth-order valence-electron chi connectivity index (χ4n) is 2.74. The van der Waals surface area contributed by atoms with E-state index in [4.69, 9.17) is 4.42 Å². The van der Waals surface area contributed by atoms with Crippen molar-refractivity contribution in [3.8, 4) is 0 Å². The molecule has 110 valence electrons. The van der Waals surface area contributed by atoms with Gasteiger partial charge in [0, 0.05) is 10.9 Å². The molecule has 1 N–H and O–H groups in total. The van der Waals surface area contributed by atoms with Crippen LogP contribution in [0.5, 0.6) is 0 Å². The number of rotatable bonds is 7. The van der Waals surface area contributed by atoms with Crippen LogP contribution in [0.1, 0.15) is 63.3 Å². The molecule has 1 aromatic carbocycles. The van der Waals surface area contributed by atoms with E-state index in [0.29, 0.717) is 5.92 Å². The standard InChI is InChI=1S/C18H27NO/c1-5-8-15-16-10-7-9-14(13(3)4)18(16)20-17(15)12-19-11-6-2/h7,9-10,13,19H,5-6,8,11-12H2,1-4H3. The lowest BCUT2D eigenvalue weighted by Gasteiger charge is -2.05. The van der Waals surface area contributed by atoms with Gasteiger partial charge in [0.15, 0.2) is 0 Å². The van der Waals surface area contributed by atoms with Gasteiger partial charge in [0.1, 0.15) is 11.3 Å². The first kappa shape index (κ1) is 15.1. The third-order valence-electron chi connectivity index (χ3n) is 3.77. The number of hydrogen-bond donors (Lipinski definition) is 1. The summed E-state index contributed by atoms with van der Waals surface area (Å²) in [6.07, 6.45) is 3.40. The van der Waals surface area contributed by atoms with Crippen LogP contribution >= 0.6 is 0 Å². The van der Waals surface area contributed by atoms with Crippen molar-refractivity contribution in [1.29, 1.82) is 0 Å². The number of para-hydroxylation sites is 1. The summed E-state index contributed by atoms with van der Waals surface area (Å²) in [6, 6.07) is 6.56. The third kappa shape index (κ3) is 3.06. The van der Waals surface area contributed by atoms with E-state index in [-0.39, 0.29) is 0 Å². The largest absolute Gasteiger partial charge is 0.459 e. The highest BCUT2D eigenvalue weighted by Gasteiger charge is 2.16. The van der Waals surface area contributed by atoms with E-state index in [1.54, 1.807) is 0 Å². The van der Waals surface area contributed by atoms with Crippen LogP contribution in [0.3, 0.4) is 0 Å². The van der Waals surface area contributed by atoms with Crippen LogP contribution < -0.4 is 5.32 Å². The Kier molecular flexibility index (Phi) is 5.24. The van der Waals surface area contributed by atoms with Gasteiger partial charge in [-0.25, -0.2) is 0 Å². The Bertz CT molecular complexity index is 554. The molecular weight excluding hydrogens is 246 g/mol. The molecule has 1 aromatic heterocycles. The van der Waals surface area contributed by atoms with Crippen LogP contribution in [-0.2, 0) is 13.0 Å². The molecule has 2 rings (SSSR count). The molecule has 0 aliphatic rings. The van der Waals surface area contributed by atoms with Crippen molar-refractivity contribution in [3.63, 3.8) is 0 Å². The first-order valence-corrected chi connectivity index (χ1v) is 7.92. The second kappa shape index (κ2) is 6.94. The fraction of sp³-hybridized carbons (Fsp3) is 0.556. The Morgan fingerprint density at radius 2 is 1.95 bits per heavy atom. The van der Waals surface area contributed by atoms with Crippen LogP contribution in [0, 0.1) is 0 Å². The molecule has 0 saturated heterocycles. The van der Waals surface area contributed by atoms with Gasteiger partial charge >= 0.3 is 0 Å². The number of fused-ring (bicyclic) bond motifs is 1. The van der Waals surface area contributed by atoms with Gasteiger partial charge in [0.05, 0.1) is 6.54 Å². The molecule has 0 amide bonds. The summed E-state index contributed by atoms with van der Waals surface area (Å²) in [5.41, 5.74) is 3.81. The van der Waals surface area contributed by atoms with Crippen molar-refractivity contribution in [3.05, 3.63) is 35.1 Å². The van der Waals surface area contributed by atoms with Crippen LogP contribution in [0.4, 0.5) is 0 Å². The molecule has 2 nitrogen and oxygen atoms in total. The number of furan rings is 1. The molecule has 1 heterocycles. The Morgan fingerprint density at radius 3 is 2.60 bits per heavy atom. The highest BCUT2D eigenvalue weighted by atomic mass is 16.3. The predicted octanol–water partition coefficient (Wildman–Crippen LogP) is 5.01. The average molecular weight is 273 g/mol. The van der Waals surface area contributed by atoms with Crippen LogP contribution in [-0.4, -0.2) is 6.54 Å². The Labute approximate surface area is 122 Å². The minimum atomic E-state index is 0.496. The maximum absolute atomic E-state index is 6.23. The SMILES string of the molecule is CCCNCc1oc2c(C(C)C)cccc2c1CCC. The molecule has 0 unspecified atom stereocenters. The second-order valence-corrected chi connectivity index (χ2v) is 5.81. The fourth-order valence-corrected chi connectivity index (χ4v) is 2.74. The summed E-state index contributed by atoms with van der Waals surface area (Å²) in [6.45, 7) is 10.8. The Morgan fingerprint density at radius 1 is 1.15 bits per heavy atom. The average Bonchev–Trinajstić information content (AvgIpc) is 2.77. The van der Waals surface area contributed by atoms with E-state index in [9.17, 15) is 0 Å². The predicted molar refractivity (Wildman–Crippen MR) is 86.3 cm³/mol. The zero-order chi connectivity index (χ0) is 14.5. The van der Waals surface area contributed by atoms with Gasteiger partial charge in [0.25, 0.3) is 0 Å². The van der Waals surface area contributed by atoms with Crippen molar-refractivity contribution in [2.24, 2.45) is 0 Å². The monoisotopic (exact) mass is 273 g/mol. The smallest absolute Gasteiger partial charge is 0.138 e. The lowest BCUT2D eigenvalue weighted by atomic mass is 9.98. The maximum atomic E-state index is 6.23. The maximum Gasteiger partial charge on any atom is 0.138 e.